The highest BCUT2D eigenvalue weighted by atomic mass is 16.2. The van der Waals surface area contributed by atoms with Crippen molar-refractivity contribution >= 4 is 24.0 Å². The zero-order valence-electron chi connectivity index (χ0n) is 8.41. The van der Waals surface area contributed by atoms with Crippen molar-refractivity contribution in [3.8, 4) is 0 Å². The molecule has 0 amide bonds. The van der Waals surface area contributed by atoms with E-state index in [0.29, 0.717) is 0 Å². The summed E-state index contributed by atoms with van der Waals surface area (Å²) in [4.78, 5) is 4.14. The number of anilines is 1. The molecule has 0 atom stereocenters. The second-order valence-electron chi connectivity index (χ2n) is 3.52. The van der Waals surface area contributed by atoms with Gasteiger partial charge >= 0.3 is 7.05 Å². The van der Waals surface area contributed by atoms with E-state index in [-0.39, 0.29) is 0 Å². The fourth-order valence-electron chi connectivity index (χ4n) is 1.59. The number of amidine groups is 1. The first-order valence-electron chi connectivity index (χ1n) is 4.83. The van der Waals surface area contributed by atoms with E-state index in [1.807, 2.05) is 32.0 Å². The maximum atomic E-state index is 9.76. The predicted molar refractivity (Wildman–Crippen MR) is 60.1 cm³/mol. The summed E-state index contributed by atoms with van der Waals surface area (Å²) in [5.74, 6) is 0.842. The number of aryl methyl sites for hydroxylation is 1. The van der Waals surface area contributed by atoms with Crippen LogP contribution in [0.15, 0.2) is 23.1 Å². The largest absolute Gasteiger partial charge is 0.471 e. The lowest BCUT2D eigenvalue weighted by molar-refractivity contribution is 0.587. The molecule has 0 saturated carbocycles. The summed E-state index contributed by atoms with van der Waals surface area (Å²) < 4.78 is 0. The quantitative estimate of drug-likeness (QED) is 0.643. The maximum Gasteiger partial charge on any atom is 0.471 e. The monoisotopic (exact) mass is 188 g/mol. The van der Waals surface area contributed by atoms with Crippen molar-refractivity contribution < 1.29 is 5.02 Å². The highest BCUT2D eigenvalue weighted by molar-refractivity contribution is 6.68. The minimum Gasteiger partial charge on any atom is -0.427 e. The zero-order chi connectivity index (χ0) is 10.1. The lowest BCUT2D eigenvalue weighted by Gasteiger charge is -2.19. The average Bonchev–Trinajstić information content (AvgIpc) is 2.19. The molecule has 3 nitrogen and oxygen atoms in total. The molecule has 0 saturated heterocycles. The Balaban J connectivity index is 2.42. The highest BCUT2D eigenvalue weighted by Crippen LogP contribution is 2.12. The Morgan fingerprint density at radius 3 is 3.00 bits per heavy atom. The van der Waals surface area contributed by atoms with Gasteiger partial charge in [0, 0.05) is 17.6 Å². The maximum absolute atomic E-state index is 9.76. The summed E-state index contributed by atoms with van der Waals surface area (Å²) in [5.41, 5.74) is 2.97. The Morgan fingerprint density at radius 1 is 1.50 bits per heavy atom. The van der Waals surface area contributed by atoms with Crippen LogP contribution in [0.25, 0.3) is 0 Å². The van der Waals surface area contributed by atoms with Crippen LogP contribution in [0.5, 0.6) is 0 Å². The van der Waals surface area contributed by atoms with Crippen molar-refractivity contribution in [3.63, 3.8) is 0 Å². The van der Waals surface area contributed by atoms with Crippen LogP contribution in [0.2, 0.25) is 0 Å². The Morgan fingerprint density at radius 2 is 2.29 bits per heavy atom. The first-order valence-corrected chi connectivity index (χ1v) is 4.83. The molecule has 1 aliphatic rings. The number of nitrogens with zero attached hydrogens (tertiary/aromatic N) is 1. The van der Waals surface area contributed by atoms with E-state index >= 15 is 0 Å². The number of rotatable bonds is 1. The molecule has 0 bridgehead atoms. The van der Waals surface area contributed by atoms with Gasteiger partial charge in [0.25, 0.3) is 0 Å². The number of hydrogen-bond donors (Lipinski definition) is 2. The van der Waals surface area contributed by atoms with E-state index in [0.717, 1.165) is 29.0 Å². The molecule has 0 aliphatic carbocycles. The number of benzene rings is 1. The lowest BCUT2D eigenvalue weighted by atomic mass is 9.72. The predicted octanol–water partition coefficient (Wildman–Crippen LogP) is 0.917. The SMILES string of the molecule is CCC1=NB(O)c2cc(C)ccc2N1. The van der Waals surface area contributed by atoms with Gasteiger partial charge in [0.2, 0.25) is 0 Å². The Labute approximate surface area is 84.0 Å². The van der Waals surface area contributed by atoms with Crippen molar-refractivity contribution in [1.82, 2.24) is 0 Å². The lowest BCUT2D eigenvalue weighted by Crippen LogP contribution is -2.38. The molecule has 1 aromatic rings. The summed E-state index contributed by atoms with van der Waals surface area (Å²) in [6.45, 7) is 4.02. The van der Waals surface area contributed by atoms with Crippen molar-refractivity contribution in [1.29, 1.82) is 0 Å². The van der Waals surface area contributed by atoms with Crippen LogP contribution < -0.4 is 10.8 Å². The van der Waals surface area contributed by atoms with E-state index < -0.39 is 7.05 Å². The van der Waals surface area contributed by atoms with Gasteiger partial charge in [0.05, 0.1) is 5.84 Å². The summed E-state index contributed by atoms with van der Waals surface area (Å²) in [6, 6.07) is 5.97. The molecular formula is C10H13BN2O. The molecule has 0 aromatic heterocycles. The zero-order valence-corrected chi connectivity index (χ0v) is 8.41. The van der Waals surface area contributed by atoms with Crippen molar-refractivity contribution in [2.75, 3.05) is 5.32 Å². The van der Waals surface area contributed by atoms with Gasteiger partial charge < -0.3 is 10.3 Å². The molecule has 72 valence electrons. The highest BCUT2D eigenvalue weighted by Gasteiger charge is 2.23. The van der Waals surface area contributed by atoms with Crippen LogP contribution in [0, 0.1) is 6.92 Å². The third-order valence-electron chi connectivity index (χ3n) is 2.38. The van der Waals surface area contributed by atoms with Crippen molar-refractivity contribution in [2.24, 2.45) is 4.90 Å². The summed E-state index contributed by atoms with van der Waals surface area (Å²) >= 11 is 0. The molecular weight excluding hydrogens is 175 g/mol. The Hall–Kier alpha value is -1.29. The average molecular weight is 188 g/mol. The third kappa shape index (κ3) is 1.53. The van der Waals surface area contributed by atoms with Crippen LogP contribution in [-0.4, -0.2) is 17.9 Å². The molecule has 0 radical (unpaired) electrons. The fraction of sp³-hybridized carbons (Fsp3) is 0.300. The molecule has 0 spiro atoms. The Kier molecular flexibility index (Phi) is 2.29. The molecule has 4 heteroatoms. The van der Waals surface area contributed by atoms with Crippen LogP contribution in [-0.2, 0) is 0 Å². The Bertz CT molecular complexity index is 390. The van der Waals surface area contributed by atoms with E-state index in [1.54, 1.807) is 0 Å². The first kappa shape index (κ1) is 9.28. The van der Waals surface area contributed by atoms with Crippen LogP contribution >= 0.6 is 0 Å². The molecule has 14 heavy (non-hydrogen) atoms. The van der Waals surface area contributed by atoms with Crippen molar-refractivity contribution in [2.45, 2.75) is 20.3 Å². The number of hydrogen-bond acceptors (Lipinski definition) is 3. The molecule has 2 N–H and O–H groups in total. The topological polar surface area (TPSA) is 44.6 Å². The summed E-state index contributed by atoms with van der Waals surface area (Å²) in [7, 11) is -0.707. The van der Waals surface area contributed by atoms with E-state index in [9.17, 15) is 5.02 Å². The van der Waals surface area contributed by atoms with Gasteiger partial charge in [-0.15, -0.1) is 0 Å². The summed E-state index contributed by atoms with van der Waals surface area (Å²) in [6.07, 6.45) is 0.810. The minimum absolute atomic E-state index is 0.707. The van der Waals surface area contributed by atoms with Gasteiger partial charge in [-0.25, -0.2) is 0 Å². The van der Waals surface area contributed by atoms with Gasteiger partial charge in [-0.2, -0.15) is 0 Å². The van der Waals surface area contributed by atoms with Crippen molar-refractivity contribution in [3.05, 3.63) is 23.8 Å². The van der Waals surface area contributed by atoms with Crippen LogP contribution in [0.4, 0.5) is 5.69 Å². The molecule has 1 aliphatic heterocycles. The van der Waals surface area contributed by atoms with E-state index in [2.05, 4.69) is 10.2 Å². The standard InChI is InChI=1S/C10H13BN2O/c1-3-10-12-9-5-4-7(2)6-8(9)11(14)13-10/h4-6,14H,3H2,1-2H3,(H,12,13). The van der Waals surface area contributed by atoms with Crippen LogP contribution in [0.1, 0.15) is 18.9 Å². The molecule has 1 aromatic carbocycles. The smallest absolute Gasteiger partial charge is 0.427 e. The molecule has 2 rings (SSSR count). The van der Waals surface area contributed by atoms with Gasteiger partial charge in [0.1, 0.15) is 0 Å². The summed E-state index contributed by atoms with van der Waals surface area (Å²) in [5, 5.41) is 13.0. The number of fused-ring (bicyclic) bond motifs is 1. The van der Waals surface area contributed by atoms with Gasteiger partial charge in [-0.05, 0) is 13.0 Å². The molecule has 0 fully saturated rings. The van der Waals surface area contributed by atoms with Crippen LogP contribution in [0.3, 0.4) is 0 Å². The molecule has 0 unspecified atom stereocenters. The van der Waals surface area contributed by atoms with E-state index in [1.165, 1.54) is 0 Å². The third-order valence-corrected chi connectivity index (χ3v) is 2.38. The normalized spacial score (nSPS) is 14.5. The molecule has 1 heterocycles. The second kappa shape index (κ2) is 3.46. The van der Waals surface area contributed by atoms with Gasteiger partial charge in [0.15, 0.2) is 0 Å². The van der Waals surface area contributed by atoms with E-state index in [4.69, 9.17) is 0 Å². The van der Waals surface area contributed by atoms with Gasteiger partial charge in [-0.1, -0.05) is 24.6 Å². The minimum atomic E-state index is -0.707. The fourth-order valence-corrected chi connectivity index (χ4v) is 1.59. The second-order valence-corrected chi connectivity index (χ2v) is 3.52. The number of nitrogens with one attached hydrogen (secondary N) is 1. The van der Waals surface area contributed by atoms with Gasteiger partial charge in [-0.3, -0.25) is 4.90 Å². The first-order chi connectivity index (χ1) is 6.70.